The highest BCUT2D eigenvalue weighted by molar-refractivity contribution is 7.07. The Kier molecular flexibility index (Phi) is 8.21. The first-order valence-electron chi connectivity index (χ1n) is 9.87. The molecule has 0 aromatic carbocycles. The first kappa shape index (κ1) is 22.9. The molecule has 0 unspecified atom stereocenters. The second-order valence-corrected chi connectivity index (χ2v) is 8.48. The van der Waals surface area contributed by atoms with Gasteiger partial charge in [0, 0.05) is 19.6 Å². The second kappa shape index (κ2) is 10.4. The Morgan fingerprint density at radius 3 is 2.66 bits per heavy atom. The molecule has 8 nitrogen and oxygen atoms in total. The van der Waals surface area contributed by atoms with Crippen LogP contribution >= 0.6 is 11.3 Å². The number of anilines is 2. The van der Waals surface area contributed by atoms with Crippen molar-refractivity contribution in [1.29, 1.82) is 0 Å². The van der Waals surface area contributed by atoms with Crippen molar-refractivity contribution in [2.24, 2.45) is 5.92 Å². The third kappa shape index (κ3) is 6.04. The van der Waals surface area contributed by atoms with Crippen LogP contribution in [0.2, 0.25) is 0 Å². The molecule has 2 heterocycles. The lowest BCUT2D eigenvalue weighted by Crippen LogP contribution is -2.45. The predicted molar refractivity (Wildman–Crippen MR) is 118 cm³/mol. The normalized spacial score (nSPS) is 11.4. The van der Waals surface area contributed by atoms with E-state index < -0.39 is 11.2 Å². The van der Waals surface area contributed by atoms with Crippen molar-refractivity contribution in [3.63, 3.8) is 0 Å². The van der Waals surface area contributed by atoms with Crippen LogP contribution in [-0.2, 0) is 17.9 Å². The zero-order valence-corrected chi connectivity index (χ0v) is 18.4. The lowest BCUT2D eigenvalue weighted by atomic mass is 10.2. The highest BCUT2D eigenvalue weighted by Crippen LogP contribution is 2.19. The highest BCUT2D eigenvalue weighted by Gasteiger charge is 2.25. The van der Waals surface area contributed by atoms with E-state index in [-0.39, 0.29) is 29.9 Å². The first-order chi connectivity index (χ1) is 13.7. The van der Waals surface area contributed by atoms with Gasteiger partial charge in [-0.1, -0.05) is 27.2 Å². The zero-order valence-electron chi connectivity index (χ0n) is 17.6. The summed E-state index contributed by atoms with van der Waals surface area (Å²) in [7, 11) is 1.86. The van der Waals surface area contributed by atoms with Gasteiger partial charge in [-0.25, -0.2) is 4.79 Å². The summed E-state index contributed by atoms with van der Waals surface area (Å²) in [4.78, 5) is 43.6. The van der Waals surface area contributed by atoms with Crippen LogP contribution in [0.3, 0.4) is 0 Å². The molecule has 9 heteroatoms. The number of amides is 1. The number of aromatic amines is 1. The number of carbonyl (C=O) groups is 1. The van der Waals surface area contributed by atoms with Gasteiger partial charge in [-0.15, -0.1) is 0 Å². The smallest absolute Gasteiger partial charge is 0.330 e. The van der Waals surface area contributed by atoms with Crippen LogP contribution < -0.4 is 21.9 Å². The molecule has 0 aliphatic rings. The Morgan fingerprint density at radius 1 is 1.34 bits per heavy atom. The Balaban J connectivity index is 2.34. The summed E-state index contributed by atoms with van der Waals surface area (Å²) in [5, 5.41) is 4.04. The van der Waals surface area contributed by atoms with Gasteiger partial charge in [0.05, 0.1) is 6.54 Å². The van der Waals surface area contributed by atoms with E-state index in [4.69, 9.17) is 5.73 Å². The van der Waals surface area contributed by atoms with Gasteiger partial charge in [-0.2, -0.15) is 11.3 Å². The summed E-state index contributed by atoms with van der Waals surface area (Å²) in [6.45, 7) is 7.43. The molecule has 0 spiro atoms. The minimum absolute atomic E-state index is 0.0393. The molecule has 2 rings (SSSR count). The maximum absolute atomic E-state index is 13.1. The number of unbranched alkanes of at least 4 members (excludes halogenated alkanes) is 1. The van der Waals surface area contributed by atoms with Crippen molar-refractivity contribution in [1.82, 2.24) is 14.5 Å². The maximum Gasteiger partial charge on any atom is 0.330 e. The van der Waals surface area contributed by atoms with E-state index in [2.05, 4.69) is 4.98 Å². The van der Waals surface area contributed by atoms with Crippen molar-refractivity contribution in [3.8, 4) is 0 Å². The fourth-order valence-corrected chi connectivity index (χ4v) is 3.79. The van der Waals surface area contributed by atoms with Gasteiger partial charge in [0.15, 0.2) is 5.69 Å². The molecule has 0 radical (unpaired) electrons. The van der Waals surface area contributed by atoms with E-state index in [1.54, 1.807) is 11.3 Å². The van der Waals surface area contributed by atoms with Gasteiger partial charge in [0.2, 0.25) is 5.91 Å². The largest absolute Gasteiger partial charge is 0.383 e. The number of thiophene rings is 1. The lowest BCUT2D eigenvalue weighted by molar-refractivity contribution is -0.119. The number of hydrogen-bond acceptors (Lipinski definition) is 6. The molecule has 160 valence electrons. The van der Waals surface area contributed by atoms with Gasteiger partial charge in [-0.05, 0) is 41.8 Å². The SMILES string of the molecule is CCCCN(C(=O)CN(C)Cc1ccsc1)c1c(N)n(CC(C)C)c(=O)[nH]c1=O. The van der Waals surface area contributed by atoms with Crippen LogP contribution in [0.1, 0.15) is 39.2 Å². The van der Waals surface area contributed by atoms with Crippen molar-refractivity contribution >= 4 is 28.7 Å². The maximum atomic E-state index is 13.1. The third-order valence-electron chi connectivity index (χ3n) is 4.51. The van der Waals surface area contributed by atoms with E-state index >= 15 is 0 Å². The van der Waals surface area contributed by atoms with Crippen LogP contribution in [0.4, 0.5) is 11.5 Å². The van der Waals surface area contributed by atoms with Crippen LogP contribution in [0.15, 0.2) is 26.4 Å². The summed E-state index contributed by atoms with van der Waals surface area (Å²) >= 11 is 1.61. The third-order valence-corrected chi connectivity index (χ3v) is 5.24. The molecular weight excluding hydrogens is 390 g/mol. The summed E-state index contributed by atoms with van der Waals surface area (Å²) < 4.78 is 1.34. The lowest BCUT2D eigenvalue weighted by Gasteiger charge is -2.27. The average molecular weight is 422 g/mol. The molecule has 0 aliphatic carbocycles. The topological polar surface area (TPSA) is 104 Å². The molecule has 2 aromatic heterocycles. The van der Waals surface area contributed by atoms with Gasteiger partial charge < -0.3 is 10.6 Å². The summed E-state index contributed by atoms with van der Waals surface area (Å²) in [6.07, 6.45) is 1.58. The summed E-state index contributed by atoms with van der Waals surface area (Å²) in [6, 6.07) is 2.02. The number of likely N-dealkylation sites (N-methyl/N-ethyl adjacent to an activating group) is 1. The van der Waals surface area contributed by atoms with E-state index in [0.717, 1.165) is 18.4 Å². The molecule has 0 bridgehead atoms. The number of nitrogens with two attached hydrogens (primary N) is 1. The molecule has 3 N–H and O–H groups in total. The minimum atomic E-state index is -0.627. The van der Waals surface area contributed by atoms with E-state index in [1.807, 2.05) is 49.5 Å². The number of nitrogens with one attached hydrogen (secondary N) is 1. The standard InChI is InChI=1S/C20H31N5O3S/c1-5-6-8-24(16(26)12-23(4)11-15-7-9-29-13-15)17-18(21)25(10-14(2)3)20(28)22-19(17)27/h7,9,13-14H,5-6,8,10-12,21H2,1-4H3,(H,22,27,28). The van der Waals surface area contributed by atoms with Crippen molar-refractivity contribution in [2.75, 3.05) is 30.8 Å². The Morgan fingerprint density at radius 2 is 2.07 bits per heavy atom. The molecule has 2 aromatic rings. The number of nitrogens with zero attached hydrogens (tertiary/aromatic N) is 3. The number of H-pyrrole nitrogens is 1. The molecule has 0 aliphatic heterocycles. The quantitative estimate of drug-likeness (QED) is 0.611. The molecule has 0 saturated heterocycles. The highest BCUT2D eigenvalue weighted by atomic mass is 32.1. The van der Waals surface area contributed by atoms with Gasteiger partial charge in [-0.3, -0.25) is 24.0 Å². The molecule has 29 heavy (non-hydrogen) atoms. The van der Waals surface area contributed by atoms with Crippen LogP contribution in [-0.4, -0.2) is 40.5 Å². The van der Waals surface area contributed by atoms with E-state index in [0.29, 0.717) is 19.6 Å². The molecule has 1 amide bonds. The fraction of sp³-hybridized carbons (Fsp3) is 0.550. The van der Waals surface area contributed by atoms with E-state index in [1.165, 1.54) is 9.47 Å². The van der Waals surface area contributed by atoms with Crippen LogP contribution in [0.25, 0.3) is 0 Å². The van der Waals surface area contributed by atoms with Crippen molar-refractivity contribution in [2.45, 2.75) is 46.7 Å². The van der Waals surface area contributed by atoms with Crippen molar-refractivity contribution < 1.29 is 4.79 Å². The predicted octanol–water partition coefficient (Wildman–Crippen LogP) is 2.10. The Labute approximate surface area is 175 Å². The van der Waals surface area contributed by atoms with Crippen LogP contribution in [0, 0.1) is 5.92 Å². The monoisotopic (exact) mass is 421 g/mol. The number of hydrogen-bond donors (Lipinski definition) is 2. The molecule has 0 fully saturated rings. The number of nitrogen functional groups attached to an aromatic ring is 1. The number of aromatic nitrogens is 2. The second-order valence-electron chi connectivity index (χ2n) is 7.70. The van der Waals surface area contributed by atoms with E-state index in [9.17, 15) is 14.4 Å². The number of rotatable bonds is 10. The molecule has 0 atom stereocenters. The fourth-order valence-electron chi connectivity index (χ4n) is 3.13. The first-order valence-corrected chi connectivity index (χ1v) is 10.8. The Hall–Kier alpha value is -2.39. The van der Waals surface area contributed by atoms with Crippen LogP contribution in [0.5, 0.6) is 0 Å². The summed E-state index contributed by atoms with van der Waals surface area (Å²) in [5.41, 5.74) is 6.24. The molecule has 0 saturated carbocycles. The van der Waals surface area contributed by atoms with Gasteiger partial charge in [0.25, 0.3) is 5.56 Å². The average Bonchev–Trinajstić information content (AvgIpc) is 3.13. The zero-order chi connectivity index (χ0) is 21.6. The van der Waals surface area contributed by atoms with Crippen molar-refractivity contribution in [3.05, 3.63) is 43.2 Å². The van der Waals surface area contributed by atoms with Gasteiger partial charge >= 0.3 is 5.69 Å². The number of carbonyl (C=O) groups excluding carboxylic acids is 1. The Bertz CT molecular complexity index is 917. The molecular formula is C20H31N5O3S. The summed E-state index contributed by atoms with van der Waals surface area (Å²) in [5.74, 6) is -0.0224. The van der Waals surface area contributed by atoms with Gasteiger partial charge in [0.1, 0.15) is 5.82 Å². The minimum Gasteiger partial charge on any atom is -0.383 e.